The molecule has 3 rings (SSSR count). The molecule has 9 nitrogen and oxygen atoms in total. The Labute approximate surface area is 173 Å². The zero-order valence-electron chi connectivity index (χ0n) is 16.5. The maximum Gasteiger partial charge on any atom is 0.327 e. The molecule has 2 N–H and O–H groups in total. The molecule has 0 radical (unpaired) electrons. The molecule has 1 saturated heterocycles. The Morgan fingerprint density at radius 2 is 1.83 bits per heavy atom. The molecule has 0 bridgehead atoms. The minimum Gasteiger partial charge on any atom is -0.497 e. The van der Waals surface area contributed by atoms with Crippen LogP contribution in [0.3, 0.4) is 0 Å². The summed E-state index contributed by atoms with van der Waals surface area (Å²) in [4.78, 5) is 42.9. The fourth-order valence-corrected chi connectivity index (χ4v) is 3.25. The summed E-state index contributed by atoms with van der Waals surface area (Å²) in [5.41, 5.74) is 3.59. The highest BCUT2D eigenvalue weighted by Crippen LogP contribution is 2.33. The molecule has 158 valence electrons. The number of benzene rings is 2. The number of rotatable bonds is 9. The second kappa shape index (κ2) is 9.27. The van der Waals surface area contributed by atoms with Gasteiger partial charge in [-0.1, -0.05) is 30.3 Å². The monoisotopic (exact) mass is 414 g/mol. The quantitative estimate of drug-likeness (QED) is 0.362. The second-order valence-electron chi connectivity index (χ2n) is 6.65. The number of ether oxygens (including phenoxy) is 2. The van der Waals surface area contributed by atoms with E-state index >= 15 is 0 Å². The summed E-state index contributed by atoms with van der Waals surface area (Å²) < 4.78 is 10.4. The number of amides is 2. The van der Waals surface area contributed by atoms with Gasteiger partial charge in [-0.05, 0) is 17.7 Å². The average Bonchev–Trinajstić information content (AvgIpc) is 2.75. The molecule has 1 aliphatic heterocycles. The Bertz CT molecular complexity index is 932. The van der Waals surface area contributed by atoms with Gasteiger partial charge in [-0.25, -0.2) is 10.3 Å². The number of nitrogens with one attached hydrogen (secondary N) is 1. The Balaban J connectivity index is 1.65. The van der Waals surface area contributed by atoms with Crippen molar-refractivity contribution in [3.63, 3.8) is 0 Å². The number of likely N-dealkylation sites (tertiary alicyclic amines) is 1. The summed E-state index contributed by atoms with van der Waals surface area (Å²) in [6.07, 6.45) is 0. The van der Waals surface area contributed by atoms with Crippen LogP contribution in [-0.2, 0) is 32.4 Å². The van der Waals surface area contributed by atoms with Gasteiger partial charge in [0.2, 0.25) is 5.91 Å². The van der Waals surface area contributed by atoms with Crippen LogP contribution in [0.5, 0.6) is 11.5 Å². The molecule has 2 aromatic carbocycles. The van der Waals surface area contributed by atoms with Crippen LogP contribution in [0.25, 0.3) is 0 Å². The van der Waals surface area contributed by atoms with E-state index in [1.807, 2.05) is 30.3 Å². The molecule has 1 aliphatic rings. The van der Waals surface area contributed by atoms with E-state index in [1.54, 1.807) is 18.2 Å². The molecule has 30 heavy (non-hydrogen) atoms. The van der Waals surface area contributed by atoms with Crippen LogP contribution in [0.4, 0.5) is 0 Å². The lowest BCUT2D eigenvalue weighted by molar-refractivity contribution is -0.178. The number of hydroxylamine groups is 1. The van der Waals surface area contributed by atoms with Gasteiger partial charge < -0.3 is 19.5 Å². The van der Waals surface area contributed by atoms with E-state index in [0.29, 0.717) is 17.1 Å². The fraction of sp³-hybridized carbons (Fsp3) is 0.286. The van der Waals surface area contributed by atoms with Gasteiger partial charge in [0.15, 0.2) is 6.04 Å². The first-order chi connectivity index (χ1) is 14.5. The van der Waals surface area contributed by atoms with E-state index in [-0.39, 0.29) is 13.2 Å². The Morgan fingerprint density at radius 1 is 1.10 bits per heavy atom. The van der Waals surface area contributed by atoms with Gasteiger partial charge in [-0.3, -0.25) is 14.4 Å². The minimum atomic E-state index is -1.36. The minimum absolute atomic E-state index is 0.0162. The van der Waals surface area contributed by atoms with Gasteiger partial charge in [0, 0.05) is 11.6 Å². The number of carboxylic acids is 1. The lowest BCUT2D eigenvalue weighted by atomic mass is 9.86. The third kappa shape index (κ3) is 4.36. The van der Waals surface area contributed by atoms with E-state index in [0.717, 1.165) is 10.5 Å². The number of carbonyl (C=O) groups is 3. The number of methoxy groups -OCH3 is 2. The number of aliphatic carboxylic acids is 1. The summed E-state index contributed by atoms with van der Waals surface area (Å²) in [5, 5.41) is 9.56. The van der Waals surface area contributed by atoms with Crippen LogP contribution in [0, 0.1) is 5.92 Å². The molecule has 2 aromatic rings. The molecular weight excluding hydrogens is 392 g/mol. The lowest BCUT2D eigenvalue weighted by Crippen LogP contribution is -2.67. The summed E-state index contributed by atoms with van der Waals surface area (Å²) in [6.45, 7) is 0.0790. The molecule has 0 aliphatic carbocycles. The van der Waals surface area contributed by atoms with Crippen molar-refractivity contribution >= 4 is 17.8 Å². The van der Waals surface area contributed by atoms with Crippen LogP contribution in [-0.4, -0.2) is 48.1 Å². The van der Waals surface area contributed by atoms with Crippen molar-refractivity contribution < 1.29 is 33.8 Å². The SMILES string of the molecule is COc1ccc(CN2C(=O)C(C(=O)NOCc3ccccc3)C2C(=O)O)c(OC)c1. The van der Waals surface area contributed by atoms with E-state index < -0.39 is 29.7 Å². The van der Waals surface area contributed by atoms with Gasteiger partial charge in [-0.15, -0.1) is 0 Å². The van der Waals surface area contributed by atoms with E-state index in [4.69, 9.17) is 14.3 Å². The molecule has 2 atom stereocenters. The number of nitrogens with zero attached hydrogens (tertiary/aromatic N) is 1. The lowest BCUT2D eigenvalue weighted by Gasteiger charge is -2.43. The van der Waals surface area contributed by atoms with Crippen molar-refractivity contribution in [1.29, 1.82) is 0 Å². The molecule has 1 heterocycles. The first-order valence-electron chi connectivity index (χ1n) is 9.16. The van der Waals surface area contributed by atoms with Gasteiger partial charge in [0.1, 0.15) is 17.4 Å². The van der Waals surface area contributed by atoms with Crippen molar-refractivity contribution in [2.45, 2.75) is 19.2 Å². The van der Waals surface area contributed by atoms with Crippen molar-refractivity contribution in [2.75, 3.05) is 14.2 Å². The third-order valence-electron chi connectivity index (χ3n) is 4.83. The predicted molar refractivity (Wildman–Crippen MR) is 104 cm³/mol. The van der Waals surface area contributed by atoms with Crippen LogP contribution in [0.2, 0.25) is 0 Å². The Hall–Kier alpha value is -3.59. The van der Waals surface area contributed by atoms with E-state index in [1.165, 1.54) is 14.2 Å². The van der Waals surface area contributed by atoms with Crippen LogP contribution < -0.4 is 15.0 Å². The normalized spacial score (nSPS) is 17.8. The van der Waals surface area contributed by atoms with Gasteiger partial charge in [0.25, 0.3) is 5.91 Å². The van der Waals surface area contributed by atoms with Crippen LogP contribution in [0.15, 0.2) is 48.5 Å². The Kier molecular flexibility index (Phi) is 6.53. The van der Waals surface area contributed by atoms with Gasteiger partial charge in [-0.2, -0.15) is 0 Å². The number of carboxylic acid groups (broad SMARTS) is 1. The zero-order chi connectivity index (χ0) is 21.7. The third-order valence-corrected chi connectivity index (χ3v) is 4.83. The van der Waals surface area contributed by atoms with Crippen molar-refractivity contribution in [3.8, 4) is 11.5 Å². The molecule has 0 saturated carbocycles. The zero-order valence-corrected chi connectivity index (χ0v) is 16.5. The van der Waals surface area contributed by atoms with E-state index in [9.17, 15) is 19.5 Å². The largest absolute Gasteiger partial charge is 0.497 e. The maximum absolute atomic E-state index is 12.6. The number of hydrogen-bond donors (Lipinski definition) is 2. The molecular formula is C21H22N2O7. The number of β-lactam (4-membered cyclic amide) rings is 1. The number of hydrogen-bond acceptors (Lipinski definition) is 6. The second-order valence-corrected chi connectivity index (χ2v) is 6.65. The fourth-order valence-electron chi connectivity index (χ4n) is 3.25. The molecule has 2 amide bonds. The molecule has 1 fully saturated rings. The topological polar surface area (TPSA) is 114 Å². The maximum atomic E-state index is 12.6. The molecule has 9 heteroatoms. The summed E-state index contributed by atoms with van der Waals surface area (Å²) in [7, 11) is 2.97. The van der Waals surface area contributed by atoms with Crippen molar-refractivity contribution in [2.24, 2.45) is 5.92 Å². The smallest absolute Gasteiger partial charge is 0.327 e. The Morgan fingerprint density at radius 3 is 2.47 bits per heavy atom. The van der Waals surface area contributed by atoms with Crippen molar-refractivity contribution in [1.82, 2.24) is 10.4 Å². The molecule has 0 aromatic heterocycles. The van der Waals surface area contributed by atoms with Gasteiger partial charge in [0.05, 0.1) is 27.4 Å². The summed E-state index contributed by atoms with van der Waals surface area (Å²) in [5.74, 6) is -3.01. The summed E-state index contributed by atoms with van der Waals surface area (Å²) >= 11 is 0. The van der Waals surface area contributed by atoms with Gasteiger partial charge >= 0.3 is 5.97 Å². The highest BCUT2D eigenvalue weighted by molar-refractivity contribution is 6.10. The average molecular weight is 414 g/mol. The number of carbonyl (C=O) groups excluding carboxylic acids is 2. The molecule has 2 unspecified atom stereocenters. The van der Waals surface area contributed by atoms with Crippen LogP contribution in [0.1, 0.15) is 11.1 Å². The highest BCUT2D eigenvalue weighted by atomic mass is 16.7. The molecule has 0 spiro atoms. The highest BCUT2D eigenvalue weighted by Gasteiger charge is 2.55. The summed E-state index contributed by atoms with van der Waals surface area (Å²) in [6, 6.07) is 12.8. The first-order valence-corrected chi connectivity index (χ1v) is 9.16. The standard InChI is InChI=1S/C21H22N2O7/c1-28-15-9-8-14(16(10-15)29-2)11-23-18(21(26)27)17(20(23)25)19(24)22-30-12-13-6-4-3-5-7-13/h3-10,17-18H,11-12H2,1-2H3,(H,22,24)(H,26,27). The van der Waals surface area contributed by atoms with Crippen molar-refractivity contribution in [3.05, 3.63) is 59.7 Å². The van der Waals surface area contributed by atoms with E-state index in [2.05, 4.69) is 5.48 Å². The first kappa shape index (κ1) is 21.1. The predicted octanol–water partition coefficient (Wildman–Crippen LogP) is 1.36. The van der Waals surface area contributed by atoms with Crippen LogP contribution >= 0.6 is 0 Å².